The molecule has 0 saturated carbocycles. The topological polar surface area (TPSA) is 58.4 Å². The van der Waals surface area contributed by atoms with Crippen LogP contribution in [-0.2, 0) is 23.7 Å². The van der Waals surface area contributed by atoms with Gasteiger partial charge in [0.25, 0.3) is 5.91 Å². The Labute approximate surface area is 166 Å². The molecule has 30 heavy (non-hydrogen) atoms. The summed E-state index contributed by atoms with van der Waals surface area (Å²) in [6.07, 6.45) is -8.26. The third-order valence-electron chi connectivity index (χ3n) is 4.61. The molecular weight excluding hydrogens is 418 g/mol. The highest BCUT2D eigenvalue weighted by molar-refractivity contribution is 5.96. The van der Waals surface area contributed by atoms with Crippen LogP contribution in [0, 0.1) is 0 Å². The molecule has 1 aromatic carbocycles. The standard InChI is InChI=1S/C18H16F6N4O2/c19-17(20,21)13-4-2-1-3-12(13)16(30)27-9-7-26(8-10-27)15(29)11-28-6-5-14(25-28)18(22,23)24/h1-6H,7-11H2. The molecule has 6 nitrogen and oxygen atoms in total. The number of hydrogen-bond donors (Lipinski definition) is 0. The largest absolute Gasteiger partial charge is 0.435 e. The number of aromatic nitrogens is 2. The number of nitrogens with zero attached hydrogens (tertiary/aromatic N) is 4. The molecule has 0 spiro atoms. The molecule has 0 unspecified atom stereocenters. The van der Waals surface area contributed by atoms with E-state index < -0.39 is 47.5 Å². The van der Waals surface area contributed by atoms with Gasteiger partial charge in [-0.1, -0.05) is 12.1 Å². The minimum Gasteiger partial charge on any atom is -0.338 e. The second-order valence-corrected chi connectivity index (χ2v) is 6.61. The van der Waals surface area contributed by atoms with Crippen molar-refractivity contribution in [2.75, 3.05) is 26.2 Å². The lowest BCUT2D eigenvalue weighted by Crippen LogP contribution is -2.51. The fraction of sp³-hybridized carbons (Fsp3) is 0.389. The lowest BCUT2D eigenvalue weighted by molar-refractivity contribution is -0.142. The molecule has 1 aliphatic heterocycles. The Morgan fingerprint density at radius 1 is 0.867 bits per heavy atom. The summed E-state index contributed by atoms with van der Waals surface area (Å²) in [5.74, 6) is -1.30. The van der Waals surface area contributed by atoms with E-state index >= 15 is 0 Å². The molecule has 162 valence electrons. The van der Waals surface area contributed by atoms with Crippen LogP contribution in [0.25, 0.3) is 0 Å². The van der Waals surface area contributed by atoms with E-state index in [1.165, 1.54) is 21.9 Å². The van der Waals surface area contributed by atoms with Crippen LogP contribution in [0.5, 0.6) is 0 Å². The van der Waals surface area contributed by atoms with Crippen LogP contribution in [0.15, 0.2) is 36.5 Å². The van der Waals surface area contributed by atoms with Crippen LogP contribution in [0.2, 0.25) is 0 Å². The summed E-state index contributed by atoms with van der Waals surface area (Å²) in [4.78, 5) is 27.4. The van der Waals surface area contributed by atoms with Gasteiger partial charge in [0.2, 0.25) is 5.91 Å². The summed E-state index contributed by atoms with van der Waals surface area (Å²) < 4.78 is 78.0. The van der Waals surface area contributed by atoms with Crippen molar-refractivity contribution >= 4 is 11.8 Å². The van der Waals surface area contributed by atoms with Crippen molar-refractivity contribution in [1.29, 1.82) is 0 Å². The number of rotatable bonds is 3. The van der Waals surface area contributed by atoms with E-state index in [1.54, 1.807) is 0 Å². The maximum absolute atomic E-state index is 13.1. The molecule has 3 rings (SSSR count). The molecule has 1 aliphatic rings. The molecule has 0 radical (unpaired) electrons. The molecule has 1 aromatic heterocycles. The van der Waals surface area contributed by atoms with Gasteiger partial charge in [0.15, 0.2) is 5.69 Å². The second-order valence-electron chi connectivity index (χ2n) is 6.61. The van der Waals surface area contributed by atoms with Crippen LogP contribution >= 0.6 is 0 Å². The van der Waals surface area contributed by atoms with Crippen molar-refractivity contribution in [2.45, 2.75) is 18.9 Å². The fourth-order valence-electron chi connectivity index (χ4n) is 3.09. The molecule has 2 heterocycles. The van der Waals surface area contributed by atoms with Gasteiger partial charge in [-0.05, 0) is 18.2 Å². The number of piperazine rings is 1. The Hall–Kier alpha value is -3.05. The first kappa shape index (κ1) is 21.7. The van der Waals surface area contributed by atoms with E-state index in [0.29, 0.717) is 0 Å². The van der Waals surface area contributed by atoms with E-state index in [1.807, 2.05) is 0 Å². The van der Waals surface area contributed by atoms with E-state index in [2.05, 4.69) is 5.10 Å². The zero-order valence-electron chi connectivity index (χ0n) is 15.4. The van der Waals surface area contributed by atoms with Gasteiger partial charge in [0, 0.05) is 32.4 Å². The fourth-order valence-corrected chi connectivity index (χ4v) is 3.09. The average molecular weight is 434 g/mol. The van der Waals surface area contributed by atoms with Crippen molar-refractivity contribution in [3.63, 3.8) is 0 Å². The average Bonchev–Trinajstić information content (AvgIpc) is 3.16. The molecule has 2 amide bonds. The highest BCUT2D eigenvalue weighted by Gasteiger charge is 2.37. The monoisotopic (exact) mass is 434 g/mol. The number of carbonyl (C=O) groups excluding carboxylic acids is 2. The van der Waals surface area contributed by atoms with E-state index in [9.17, 15) is 35.9 Å². The summed E-state index contributed by atoms with van der Waals surface area (Å²) in [6.45, 7) is -0.313. The predicted octanol–water partition coefficient (Wildman–Crippen LogP) is 2.91. The number of carbonyl (C=O) groups is 2. The summed E-state index contributed by atoms with van der Waals surface area (Å²) in [6, 6.07) is 5.20. The number of hydrogen-bond acceptors (Lipinski definition) is 3. The number of halogens is 6. The smallest absolute Gasteiger partial charge is 0.338 e. The molecular formula is C18H16F6N4O2. The number of amides is 2. The summed E-state index contributed by atoms with van der Waals surface area (Å²) >= 11 is 0. The summed E-state index contributed by atoms with van der Waals surface area (Å²) in [5, 5.41) is 3.30. The molecule has 0 N–H and O–H groups in total. The maximum atomic E-state index is 13.1. The summed E-state index contributed by atoms with van der Waals surface area (Å²) in [7, 11) is 0. The van der Waals surface area contributed by atoms with Crippen LogP contribution in [0.4, 0.5) is 26.3 Å². The van der Waals surface area contributed by atoms with Gasteiger partial charge in [-0.2, -0.15) is 31.4 Å². The van der Waals surface area contributed by atoms with Crippen molar-refractivity contribution in [3.05, 3.63) is 53.3 Å². The van der Waals surface area contributed by atoms with Gasteiger partial charge in [-0.3, -0.25) is 14.3 Å². The minimum absolute atomic E-state index is 0.00364. The van der Waals surface area contributed by atoms with Crippen LogP contribution in [-0.4, -0.2) is 57.6 Å². The Morgan fingerprint density at radius 3 is 2.03 bits per heavy atom. The lowest BCUT2D eigenvalue weighted by atomic mass is 10.1. The zero-order chi connectivity index (χ0) is 22.1. The van der Waals surface area contributed by atoms with Crippen LogP contribution in [0.1, 0.15) is 21.6 Å². The number of alkyl halides is 6. The lowest BCUT2D eigenvalue weighted by Gasteiger charge is -2.35. The molecule has 1 fully saturated rings. The third kappa shape index (κ3) is 4.74. The Morgan fingerprint density at radius 2 is 1.47 bits per heavy atom. The van der Waals surface area contributed by atoms with Crippen LogP contribution in [0.3, 0.4) is 0 Å². The quantitative estimate of drug-likeness (QED) is 0.699. The van der Waals surface area contributed by atoms with Gasteiger partial charge >= 0.3 is 12.4 Å². The zero-order valence-corrected chi connectivity index (χ0v) is 15.4. The molecule has 0 aliphatic carbocycles. The van der Waals surface area contributed by atoms with Crippen molar-refractivity contribution in [3.8, 4) is 0 Å². The Balaban J connectivity index is 1.60. The normalized spacial score (nSPS) is 15.4. The van der Waals surface area contributed by atoms with Crippen molar-refractivity contribution in [1.82, 2.24) is 19.6 Å². The van der Waals surface area contributed by atoms with Gasteiger partial charge in [0.05, 0.1) is 11.1 Å². The Bertz CT molecular complexity index is 929. The first-order valence-corrected chi connectivity index (χ1v) is 8.81. The highest BCUT2D eigenvalue weighted by atomic mass is 19.4. The summed E-state index contributed by atoms with van der Waals surface area (Å²) in [5.41, 5.74) is -2.62. The van der Waals surface area contributed by atoms with Crippen molar-refractivity contribution < 1.29 is 35.9 Å². The first-order chi connectivity index (χ1) is 14.0. The molecule has 2 aromatic rings. The van der Waals surface area contributed by atoms with Gasteiger partial charge in [-0.25, -0.2) is 0 Å². The molecule has 12 heteroatoms. The third-order valence-corrected chi connectivity index (χ3v) is 4.61. The van der Waals surface area contributed by atoms with Gasteiger partial charge in [0.1, 0.15) is 6.54 Å². The van der Waals surface area contributed by atoms with E-state index in [4.69, 9.17) is 0 Å². The molecule has 0 bridgehead atoms. The predicted molar refractivity (Wildman–Crippen MR) is 91.2 cm³/mol. The minimum atomic E-state index is -4.68. The Kier molecular flexibility index (Phi) is 5.77. The highest BCUT2D eigenvalue weighted by Crippen LogP contribution is 2.32. The van der Waals surface area contributed by atoms with Crippen molar-refractivity contribution in [2.24, 2.45) is 0 Å². The van der Waals surface area contributed by atoms with Crippen LogP contribution < -0.4 is 0 Å². The van der Waals surface area contributed by atoms with Gasteiger partial charge < -0.3 is 9.80 Å². The maximum Gasteiger partial charge on any atom is 0.435 e. The second kappa shape index (κ2) is 8.00. The SMILES string of the molecule is O=C(Cn1ccc(C(F)(F)F)n1)N1CCN(C(=O)c2ccccc2C(F)(F)F)CC1. The molecule has 0 atom stereocenters. The van der Waals surface area contributed by atoms with E-state index in [-0.39, 0.29) is 26.2 Å². The van der Waals surface area contributed by atoms with Gasteiger partial charge in [-0.15, -0.1) is 0 Å². The number of benzene rings is 1. The molecule has 1 saturated heterocycles. The first-order valence-electron chi connectivity index (χ1n) is 8.81. The van der Waals surface area contributed by atoms with E-state index in [0.717, 1.165) is 29.1 Å².